The highest BCUT2D eigenvalue weighted by Gasteiger charge is 2.42. The summed E-state index contributed by atoms with van der Waals surface area (Å²) in [5.74, 6) is 0.617. The molecular formula is C23H25NO3. The van der Waals surface area contributed by atoms with E-state index in [0.29, 0.717) is 12.4 Å². The first kappa shape index (κ1) is 17.7. The maximum Gasteiger partial charge on any atom is 0.115 e. The number of fused-ring (bicyclic) bond motifs is 3. The van der Waals surface area contributed by atoms with Gasteiger partial charge in [-0.1, -0.05) is 28.9 Å². The SMILES string of the molecule is CCON=C1C=C2CCc3cc(O)ccc3[C@]2(Cc2ccc(O)cc2)CC1. The van der Waals surface area contributed by atoms with Crippen molar-refractivity contribution in [2.75, 3.05) is 6.61 Å². The van der Waals surface area contributed by atoms with Crippen LogP contribution in [-0.4, -0.2) is 22.5 Å². The van der Waals surface area contributed by atoms with Crippen molar-refractivity contribution in [1.29, 1.82) is 0 Å². The molecule has 4 rings (SSSR count). The summed E-state index contributed by atoms with van der Waals surface area (Å²) in [4.78, 5) is 5.28. The van der Waals surface area contributed by atoms with E-state index in [-0.39, 0.29) is 11.2 Å². The molecule has 0 heterocycles. The number of oxime groups is 1. The van der Waals surface area contributed by atoms with E-state index in [0.717, 1.165) is 37.8 Å². The molecule has 4 heteroatoms. The third-order valence-electron chi connectivity index (χ3n) is 5.78. The van der Waals surface area contributed by atoms with E-state index in [1.165, 1.54) is 22.3 Å². The lowest BCUT2D eigenvalue weighted by Crippen LogP contribution is -2.39. The van der Waals surface area contributed by atoms with Crippen molar-refractivity contribution in [2.24, 2.45) is 5.16 Å². The van der Waals surface area contributed by atoms with Crippen LogP contribution < -0.4 is 0 Å². The lowest BCUT2D eigenvalue weighted by molar-refractivity contribution is 0.158. The lowest BCUT2D eigenvalue weighted by Gasteiger charge is -2.44. The summed E-state index contributed by atoms with van der Waals surface area (Å²) in [6.45, 7) is 2.52. The maximum atomic E-state index is 9.95. The van der Waals surface area contributed by atoms with E-state index < -0.39 is 0 Å². The molecule has 0 bridgehead atoms. The molecule has 0 saturated heterocycles. The molecule has 27 heavy (non-hydrogen) atoms. The van der Waals surface area contributed by atoms with Crippen LogP contribution in [0.1, 0.15) is 42.9 Å². The second-order valence-electron chi connectivity index (χ2n) is 7.44. The number of hydrogen-bond acceptors (Lipinski definition) is 4. The Kier molecular flexibility index (Phi) is 4.65. The zero-order chi connectivity index (χ0) is 18.9. The fraction of sp³-hybridized carbons (Fsp3) is 0.348. The molecule has 4 nitrogen and oxygen atoms in total. The van der Waals surface area contributed by atoms with E-state index in [1.807, 2.05) is 25.1 Å². The van der Waals surface area contributed by atoms with Gasteiger partial charge < -0.3 is 15.1 Å². The van der Waals surface area contributed by atoms with Gasteiger partial charge >= 0.3 is 0 Å². The van der Waals surface area contributed by atoms with Gasteiger partial charge in [-0.05, 0) is 86.1 Å². The molecule has 0 unspecified atom stereocenters. The van der Waals surface area contributed by atoms with E-state index in [1.54, 1.807) is 18.2 Å². The van der Waals surface area contributed by atoms with Crippen molar-refractivity contribution in [2.45, 2.75) is 44.4 Å². The quantitative estimate of drug-likeness (QED) is 0.778. The summed E-state index contributed by atoms with van der Waals surface area (Å²) >= 11 is 0. The first-order valence-corrected chi connectivity index (χ1v) is 9.61. The number of benzene rings is 2. The van der Waals surface area contributed by atoms with E-state index >= 15 is 0 Å². The van der Waals surface area contributed by atoms with Crippen LogP contribution in [0.3, 0.4) is 0 Å². The van der Waals surface area contributed by atoms with Gasteiger partial charge in [0.15, 0.2) is 0 Å². The Labute approximate surface area is 159 Å². The monoisotopic (exact) mass is 363 g/mol. The molecule has 0 amide bonds. The number of phenolic OH excluding ortho intramolecular Hbond substituents is 2. The molecule has 0 saturated carbocycles. The predicted octanol–water partition coefficient (Wildman–Crippen LogP) is 4.64. The number of aromatic hydroxyl groups is 2. The number of hydrogen-bond donors (Lipinski definition) is 2. The number of allylic oxidation sites excluding steroid dienone is 2. The molecule has 2 aliphatic rings. The molecular weight excluding hydrogens is 338 g/mol. The second kappa shape index (κ2) is 7.10. The van der Waals surface area contributed by atoms with Gasteiger partial charge in [0.25, 0.3) is 0 Å². The van der Waals surface area contributed by atoms with Gasteiger partial charge in [-0.2, -0.15) is 0 Å². The summed E-state index contributed by atoms with van der Waals surface area (Å²) in [7, 11) is 0. The highest BCUT2D eigenvalue weighted by Crippen LogP contribution is 2.49. The number of phenols is 2. The minimum absolute atomic E-state index is 0.0938. The Hall–Kier alpha value is -2.75. The molecule has 0 aliphatic heterocycles. The Bertz CT molecular complexity index is 898. The average molecular weight is 363 g/mol. The average Bonchev–Trinajstić information content (AvgIpc) is 2.68. The third kappa shape index (κ3) is 3.32. The summed E-state index contributed by atoms with van der Waals surface area (Å²) in [6, 6.07) is 13.3. The number of nitrogens with zero attached hydrogens (tertiary/aromatic N) is 1. The van der Waals surface area contributed by atoms with E-state index in [2.05, 4.69) is 17.3 Å². The fourth-order valence-electron chi connectivity index (χ4n) is 4.53. The molecule has 2 aromatic carbocycles. The zero-order valence-corrected chi connectivity index (χ0v) is 15.6. The first-order chi connectivity index (χ1) is 13.1. The Morgan fingerprint density at radius 1 is 1.00 bits per heavy atom. The van der Waals surface area contributed by atoms with Crippen LogP contribution in [0.2, 0.25) is 0 Å². The minimum atomic E-state index is -0.0938. The number of aryl methyl sites for hydroxylation is 1. The van der Waals surface area contributed by atoms with Gasteiger partial charge in [0, 0.05) is 5.41 Å². The molecule has 140 valence electrons. The van der Waals surface area contributed by atoms with Crippen LogP contribution >= 0.6 is 0 Å². The third-order valence-corrected chi connectivity index (χ3v) is 5.78. The Morgan fingerprint density at radius 3 is 2.56 bits per heavy atom. The summed E-state index contributed by atoms with van der Waals surface area (Å²) in [5.41, 5.74) is 6.04. The molecule has 1 atom stereocenters. The lowest BCUT2D eigenvalue weighted by atomic mass is 9.59. The van der Waals surface area contributed by atoms with Crippen LogP contribution in [0.15, 0.2) is 59.3 Å². The minimum Gasteiger partial charge on any atom is -0.508 e. The molecule has 0 fully saturated rings. The largest absolute Gasteiger partial charge is 0.508 e. The summed E-state index contributed by atoms with van der Waals surface area (Å²) in [5, 5.41) is 23.9. The second-order valence-corrected chi connectivity index (χ2v) is 7.44. The van der Waals surface area contributed by atoms with Crippen LogP contribution in [0, 0.1) is 0 Å². The normalized spacial score (nSPS) is 22.7. The fourth-order valence-corrected chi connectivity index (χ4v) is 4.53. The highest BCUT2D eigenvalue weighted by atomic mass is 16.6. The van der Waals surface area contributed by atoms with Crippen molar-refractivity contribution in [3.8, 4) is 11.5 Å². The van der Waals surface area contributed by atoms with Crippen molar-refractivity contribution < 1.29 is 15.1 Å². The van der Waals surface area contributed by atoms with Gasteiger partial charge in [-0.15, -0.1) is 0 Å². The van der Waals surface area contributed by atoms with Gasteiger partial charge in [-0.25, -0.2) is 0 Å². The van der Waals surface area contributed by atoms with Crippen LogP contribution in [0.25, 0.3) is 0 Å². The Morgan fingerprint density at radius 2 is 1.78 bits per heavy atom. The van der Waals surface area contributed by atoms with Crippen molar-refractivity contribution in [3.63, 3.8) is 0 Å². The molecule has 2 aliphatic carbocycles. The maximum absolute atomic E-state index is 9.95. The van der Waals surface area contributed by atoms with Crippen molar-refractivity contribution >= 4 is 5.71 Å². The highest BCUT2D eigenvalue weighted by molar-refractivity contribution is 5.97. The van der Waals surface area contributed by atoms with Crippen LogP contribution in [0.5, 0.6) is 11.5 Å². The molecule has 0 aromatic heterocycles. The predicted molar refractivity (Wildman–Crippen MR) is 106 cm³/mol. The van der Waals surface area contributed by atoms with E-state index in [4.69, 9.17) is 4.84 Å². The van der Waals surface area contributed by atoms with Gasteiger partial charge in [0.2, 0.25) is 0 Å². The Balaban J connectivity index is 1.80. The standard InChI is InChI=1S/C23H25NO3/c1-2-27-24-19-11-12-23(15-16-3-7-20(25)8-4-16)18(14-19)6-5-17-13-21(26)9-10-22(17)23/h3-4,7-10,13-14,25-26H,2,5-6,11-12,15H2,1H3/t23-/m0/s1. The molecule has 2 N–H and O–H groups in total. The molecule has 0 radical (unpaired) electrons. The topological polar surface area (TPSA) is 62.0 Å². The summed E-state index contributed by atoms with van der Waals surface area (Å²) in [6.07, 6.45) is 6.80. The van der Waals surface area contributed by atoms with Crippen molar-refractivity contribution in [3.05, 3.63) is 70.8 Å². The van der Waals surface area contributed by atoms with Crippen molar-refractivity contribution in [1.82, 2.24) is 0 Å². The van der Waals surface area contributed by atoms with Crippen LogP contribution in [-0.2, 0) is 23.1 Å². The van der Waals surface area contributed by atoms with Gasteiger partial charge in [0.1, 0.15) is 18.1 Å². The smallest absolute Gasteiger partial charge is 0.115 e. The van der Waals surface area contributed by atoms with Gasteiger partial charge in [-0.3, -0.25) is 0 Å². The zero-order valence-electron chi connectivity index (χ0n) is 15.6. The first-order valence-electron chi connectivity index (χ1n) is 9.61. The summed E-state index contributed by atoms with van der Waals surface area (Å²) < 4.78 is 0. The van der Waals surface area contributed by atoms with Crippen LogP contribution in [0.4, 0.5) is 0 Å². The molecule has 0 spiro atoms. The number of rotatable bonds is 4. The van der Waals surface area contributed by atoms with E-state index in [9.17, 15) is 10.2 Å². The molecule has 2 aromatic rings. The van der Waals surface area contributed by atoms with Gasteiger partial charge in [0.05, 0.1) is 5.71 Å².